The topological polar surface area (TPSA) is 77.6 Å². The minimum absolute atomic E-state index is 0.0837. The van der Waals surface area contributed by atoms with Crippen molar-refractivity contribution in [2.24, 2.45) is 0 Å². The maximum Gasteiger partial charge on any atom is 0.416 e. The number of nitrogens with one attached hydrogen (secondary N) is 1. The van der Waals surface area contributed by atoms with Gasteiger partial charge in [-0.25, -0.2) is 10.1 Å². The van der Waals surface area contributed by atoms with Gasteiger partial charge in [0.25, 0.3) is 5.91 Å². The molecule has 7 nitrogen and oxygen atoms in total. The van der Waals surface area contributed by atoms with Crippen LogP contribution >= 0.6 is 0 Å². The highest BCUT2D eigenvalue weighted by molar-refractivity contribution is 5.98. The zero-order valence-electron chi connectivity index (χ0n) is 11.4. The number of aromatic nitrogens is 5. The average Bonchev–Trinajstić information content (AvgIpc) is 3.17. The zero-order valence-corrected chi connectivity index (χ0v) is 11.4. The van der Waals surface area contributed by atoms with Crippen molar-refractivity contribution in [3.8, 4) is 5.69 Å². The number of nitrogens with zero attached hydrogens (tertiary/aromatic N) is 5. The van der Waals surface area contributed by atoms with Gasteiger partial charge >= 0.3 is 6.18 Å². The Hall–Kier alpha value is -3.17. The smallest absolute Gasteiger partial charge is 0.265 e. The minimum atomic E-state index is -4.40. The van der Waals surface area contributed by atoms with Crippen molar-refractivity contribution in [3.05, 3.63) is 60.2 Å². The number of alkyl halides is 3. The molecule has 0 radical (unpaired) electrons. The molecule has 0 aliphatic carbocycles. The summed E-state index contributed by atoms with van der Waals surface area (Å²) in [5.41, 5.74) is 2.14. The molecule has 0 unspecified atom stereocenters. The van der Waals surface area contributed by atoms with Gasteiger partial charge in [-0.15, -0.1) is 5.10 Å². The number of hydrogen-bond acceptors (Lipinski definition) is 4. The van der Waals surface area contributed by atoms with E-state index < -0.39 is 17.6 Å². The average molecular weight is 322 g/mol. The van der Waals surface area contributed by atoms with Crippen molar-refractivity contribution in [2.45, 2.75) is 6.18 Å². The number of rotatable bonds is 3. The van der Waals surface area contributed by atoms with E-state index in [9.17, 15) is 18.0 Å². The number of benzene rings is 1. The van der Waals surface area contributed by atoms with Gasteiger partial charge in [-0.3, -0.25) is 4.79 Å². The minimum Gasteiger partial charge on any atom is -0.265 e. The Bertz CT molecular complexity index is 807. The molecule has 23 heavy (non-hydrogen) atoms. The summed E-state index contributed by atoms with van der Waals surface area (Å²) in [5.74, 6) is -0.527. The molecule has 0 saturated heterocycles. The first-order valence-corrected chi connectivity index (χ1v) is 6.34. The van der Waals surface area contributed by atoms with Crippen LogP contribution in [0.1, 0.15) is 16.1 Å². The van der Waals surface area contributed by atoms with Crippen molar-refractivity contribution in [1.29, 1.82) is 0 Å². The van der Waals surface area contributed by atoms with E-state index in [1.54, 1.807) is 0 Å². The molecule has 0 aliphatic rings. The van der Waals surface area contributed by atoms with Gasteiger partial charge in [0, 0.05) is 6.20 Å². The van der Waals surface area contributed by atoms with E-state index in [1.165, 1.54) is 41.5 Å². The van der Waals surface area contributed by atoms with Crippen LogP contribution in [-0.2, 0) is 6.18 Å². The van der Waals surface area contributed by atoms with Crippen LogP contribution in [0.5, 0.6) is 0 Å². The van der Waals surface area contributed by atoms with Crippen LogP contribution < -0.4 is 5.43 Å². The monoisotopic (exact) mass is 322 g/mol. The predicted molar refractivity (Wildman–Crippen MR) is 72.3 cm³/mol. The van der Waals surface area contributed by atoms with E-state index in [2.05, 4.69) is 20.8 Å². The molecule has 118 valence electrons. The third kappa shape index (κ3) is 3.20. The van der Waals surface area contributed by atoms with Gasteiger partial charge in [-0.05, 0) is 35.5 Å². The number of hydrogen-bond donors (Lipinski definition) is 1. The third-order valence-electron chi connectivity index (χ3n) is 2.92. The summed E-state index contributed by atoms with van der Waals surface area (Å²) in [6, 6.07) is 5.88. The summed E-state index contributed by atoms with van der Waals surface area (Å²) in [6.45, 7) is 0. The molecule has 2 heterocycles. The molecule has 3 rings (SSSR count). The second-order valence-corrected chi connectivity index (χ2v) is 4.48. The highest BCUT2D eigenvalue weighted by Gasteiger charge is 2.30. The first kappa shape index (κ1) is 14.8. The van der Waals surface area contributed by atoms with E-state index in [0.717, 1.165) is 16.9 Å². The van der Waals surface area contributed by atoms with Crippen molar-refractivity contribution in [1.82, 2.24) is 24.9 Å². The first-order chi connectivity index (χ1) is 10.9. The lowest BCUT2D eigenvalue weighted by molar-refractivity contribution is -0.137. The summed E-state index contributed by atoms with van der Waals surface area (Å²) >= 11 is 0. The number of halogens is 3. The van der Waals surface area contributed by atoms with E-state index >= 15 is 0 Å². The molecule has 1 aromatic carbocycles. The predicted octanol–water partition coefficient (Wildman–Crippen LogP) is 1.87. The molecule has 0 spiro atoms. The van der Waals surface area contributed by atoms with Gasteiger partial charge in [-0.2, -0.15) is 23.1 Å². The van der Waals surface area contributed by atoms with Crippen LogP contribution in [0.3, 0.4) is 0 Å². The first-order valence-electron chi connectivity index (χ1n) is 6.34. The highest BCUT2D eigenvalue weighted by Crippen LogP contribution is 2.29. The van der Waals surface area contributed by atoms with Gasteiger partial charge in [0.1, 0.15) is 0 Å². The Balaban J connectivity index is 1.77. The Morgan fingerprint density at radius 1 is 1.09 bits per heavy atom. The summed E-state index contributed by atoms with van der Waals surface area (Å²) < 4.78 is 38.9. The summed E-state index contributed by atoms with van der Waals surface area (Å²) in [7, 11) is 0. The standard InChI is InChI=1S/C13H9F3N6O/c14-13(15,16)9-1-3-10(4-2-9)21-7-5-11(18-21)12(23)19-22-8-6-17-20-22/h1-8H,(H,19,23). The fraction of sp³-hybridized carbons (Fsp3) is 0.0769. The lowest BCUT2D eigenvalue weighted by atomic mass is 10.2. The van der Waals surface area contributed by atoms with Crippen LogP contribution in [0.25, 0.3) is 5.69 Å². The molecule has 0 fully saturated rings. The SMILES string of the molecule is O=C(Nn1ccnn1)c1ccn(-c2ccc(C(F)(F)F)cc2)n1. The number of amides is 1. The summed E-state index contributed by atoms with van der Waals surface area (Å²) in [5, 5.41) is 11.1. The van der Waals surface area contributed by atoms with Gasteiger partial charge in [0.15, 0.2) is 5.69 Å². The molecule has 0 atom stereocenters. The Labute approximate surface area is 127 Å². The van der Waals surface area contributed by atoms with Gasteiger partial charge in [0.2, 0.25) is 0 Å². The molecule has 1 N–H and O–H groups in total. The van der Waals surface area contributed by atoms with Crippen LogP contribution in [0.2, 0.25) is 0 Å². The Morgan fingerprint density at radius 3 is 2.43 bits per heavy atom. The van der Waals surface area contributed by atoms with E-state index in [0.29, 0.717) is 5.69 Å². The van der Waals surface area contributed by atoms with Crippen LogP contribution in [0.15, 0.2) is 48.9 Å². The maximum absolute atomic E-state index is 12.5. The number of carbonyl (C=O) groups excluding carboxylic acids is 1. The van der Waals surface area contributed by atoms with Crippen molar-refractivity contribution in [2.75, 3.05) is 5.43 Å². The lowest BCUT2D eigenvalue weighted by Gasteiger charge is -2.07. The molecule has 0 bridgehead atoms. The Morgan fingerprint density at radius 2 is 1.83 bits per heavy atom. The largest absolute Gasteiger partial charge is 0.416 e. The fourth-order valence-electron chi connectivity index (χ4n) is 1.82. The highest BCUT2D eigenvalue weighted by atomic mass is 19.4. The molecule has 10 heteroatoms. The maximum atomic E-state index is 12.5. The number of carbonyl (C=O) groups is 1. The second kappa shape index (κ2) is 5.55. The van der Waals surface area contributed by atoms with Crippen LogP contribution in [-0.4, -0.2) is 30.8 Å². The molecular weight excluding hydrogens is 313 g/mol. The second-order valence-electron chi connectivity index (χ2n) is 4.48. The third-order valence-corrected chi connectivity index (χ3v) is 2.92. The van der Waals surface area contributed by atoms with Crippen LogP contribution in [0.4, 0.5) is 13.2 Å². The van der Waals surface area contributed by atoms with E-state index in [1.807, 2.05) is 0 Å². The quantitative estimate of drug-likeness (QED) is 0.798. The van der Waals surface area contributed by atoms with E-state index in [4.69, 9.17) is 0 Å². The lowest BCUT2D eigenvalue weighted by Crippen LogP contribution is -2.24. The summed E-state index contributed by atoms with van der Waals surface area (Å²) in [4.78, 5) is 13.0. The molecule has 1 amide bonds. The molecule has 0 aliphatic heterocycles. The normalized spacial score (nSPS) is 11.4. The molecule has 0 saturated carbocycles. The van der Waals surface area contributed by atoms with Crippen molar-refractivity contribution in [3.63, 3.8) is 0 Å². The van der Waals surface area contributed by atoms with Gasteiger partial charge in [0.05, 0.1) is 23.6 Å². The van der Waals surface area contributed by atoms with Gasteiger partial charge < -0.3 is 0 Å². The zero-order chi connectivity index (χ0) is 16.4. The van der Waals surface area contributed by atoms with Crippen LogP contribution in [0, 0.1) is 0 Å². The molecule has 2 aromatic heterocycles. The van der Waals surface area contributed by atoms with E-state index in [-0.39, 0.29) is 5.69 Å². The summed E-state index contributed by atoms with van der Waals surface area (Å²) in [6.07, 6.45) is -0.101. The molecule has 3 aromatic rings. The van der Waals surface area contributed by atoms with Crippen molar-refractivity contribution < 1.29 is 18.0 Å². The van der Waals surface area contributed by atoms with Crippen molar-refractivity contribution >= 4 is 5.91 Å². The Kier molecular flexibility index (Phi) is 3.56. The van der Waals surface area contributed by atoms with Gasteiger partial charge in [-0.1, -0.05) is 0 Å². The fourth-order valence-corrected chi connectivity index (χ4v) is 1.82. The molecular formula is C13H9F3N6O.